The number of nitrogens with zero attached hydrogens (tertiary/aromatic N) is 2. The molecule has 204 valence electrons. The average Bonchev–Trinajstić information content (AvgIpc) is 2.95. The summed E-state index contributed by atoms with van der Waals surface area (Å²) >= 11 is 0. The quantitative estimate of drug-likeness (QED) is 0.255. The number of unbranched alkanes of at least 4 members (excludes halogenated alkanes) is 6. The Labute approximate surface area is 224 Å². The van der Waals surface area contributed by atoms with E-state index < -0.39 is 0 Å². The second kappa shape index (κ2) is 15.5. The third-order valence-corrected chi connectivity index (χ3v) is 10.6. The Morgan fingerprint density at radius 3 is 1.61 bits per heavy atom. The topological polar surface area (TPSA) is 25.8 Å². The van der Waals surface area contributed by atoms with Crippen molar-refractivity contribution in [1.29, 1.82) is 0 Å². The Balaban J connectivity index is 1.12. The first-order chi connectivity index (χ1) is 17.8. The molecule has 3 aliphatic carbocycles. The molecular weight excluding hydrogens is 436 g/mol. The van der Waals surface area contributed by atoms with E-state index in [4.69, 9.17) is 9.97 Å². The third-order valence-electron chi connectivity index (χ3n) is 10.6. The summed E-state index contributed by atoms with van der Waals surface area (Å²) in [6, 6.07) is 0. The summed E-state index contributed by atoms with van der Waals surface area (Å²) in [6.07, 6.45) is 35.9. The number of hydrogen-bond acceptors (Lipinski definition) is 2. The molecule has 36 heavy (non-hydrogen) atoms. The lowest BCUT2D eigenvalue weighted by Crippen LogP contribution is -2.25. The molecule has 3 fully saturated rings. The molecule has 2 heteroatoms. The fourth-order valence-electron chi connectivity index (χ4n) is 8.06. The van der Waals surface area contributed by atoms with Crippen LogP contribution in [0.4, 0.5) is 0 Å². The number of hydrogen-bond donors (Lipinski definition) is 0. The largest absolute Gasteiger partial charge is 0.241 e. The van der Waals surface area contributed by atoms with E-state index in [1.165, 1.54) is 147 Å². The van der Waals surface area contributed by atoms with E-state index in [1.807, 2.05) is 0 Å². The summed E-state index contributed by atoms with van der Waals surface area (Å²) in [4.78, 5) is 9.83. The highest BCUT2D eigenvalue weighted by Crippen LogP contribution is 2.44. The van der Waals surface area contributed by atoms with Crippen molar-refractivity contribution in [3.8, 4) is 0 Å². The molecule has 0 aliphatic heterocycles. The van der Waals surface area contributed by atoms with Gasteiger partial charge in [0, 0.05) is 18.3 Å². The standard InChI is InChI=1S/C34H58N2/c1-3-5-7-8-9-10-12-28-13-17-29(18-14-28)30-21-23-31(24-22-30)33-25-35-34(36-26-33)32-19-15-27(16-20-32)11-6-4-2/h25-32H,3-24H2,1-2H3. The van der Waals surface area contributed by atoms with Gasteiger partial charge in [-0.05, 0) is 99.4 Å². The van der Waals surface area contributed by atoms with Gasteiger partial charge >= 0.3 is 0 Å². The van der Waals surface area contributed by atoms with Gasteiger partial charge in [0.05, 0.1) is 0 Å². The van der Waals surface area contributed by atoms with Crippen LogP contribution in [0, 0.1) is 23.7 Å². The molecule has 4 rings (SSSR count). The van der Waals surface area contributed by atoms with Crippen LogP contribution in [0.1, 0.15) is 178 Å². The molecule has 0 radical (unpaired) electrons. The van der Waals surface area contributed by atoms with E-state index >= 15 is 0 Å². The van der Waals surface area contributed by atoms with Gasteiger partial charge in [0.25, 0.3) is 0 Å². The van der Waals surface area contributed by atoms with Gasteiger partial charge in [-0.3, -0.25) is 0 Å². The Morgan fingerprint density at radius 2 is 1.00 bits per heavy atom. The Kier molecular flexibility index (Phi) is 12.1. The van der Waals surface area contributed by atoms with E-state index in [-0.39, 0.29) is 0 Å². The fourth-order valence-corrected chi connectivity index (χ4v) is 8.06. The smallest absolute Gasteiger partial charge is 0.131 e. The molecule has 1 aromatic rings. The lowest BCUT2D eigenvalue weighted by molar-refractivity contribution is 0.155. The van der Waals surface area contributed by atoms with Crippen LogP contribution in [0.3, 0.4) is 0 Å². The summed E-state index contributed by atoms with van der Waals surface area (Å²) in [5, 5.41) is 0. The zero-order valence-corrected chi connectivity index (χ0v) is 24.1. The van der Waals surface area contributed by atoms with Crippen LogP contribution in [0.2, 0.25) is 0 Å². The van der Waals surface area contributed by atoms with Gasteiger partial charge in [-0.15, -0.1) is 0 Å². The van der Waals surface area contributed by atoms with Crippen molar-refractivity contribution in [2.75, 3.05) is 0 Å². The zero-order valence-electron chi connectivity index (χ0n) is 24.1. The first kappa shape index (κ1) is 28.1. The van der Waals surface area contributed by atoms with E-state index in [9.17, 15) is 0 Å². The van der Waals surface area contributed by atoms with Gasteiger partial charge in [-0.1, -0.05) is 90.9 Å². The van der Waals surface area contributed by atoms with Crippen molar-refractivity contribution >= 4 is 0 Å². The molecule has 0 spiro atoms. The summed E-state index contributed by atoms with van der Waals surface area (Å²) in [5.41, 5.74) is 1.43. The van der Waals surface area contributed by atoms with Gasteiger partial charge in [0.15, 0.2) is 0 Å². The first-order valence-corrected chi connectivity index (χ1v) is 16.6. The molecule has 0 bridgehead atoms. The van der Waals surface area contributed by atoms with Crippen LogP contribution in [0.5, 0.6) is 0 Å². The average molecular weight is 495 g/mol. The van der Waals surface area contributed by atoms with Gasteiger partial charge < -0.3 is 0 Å². The molecule has 0 atom stereocenters. The highest BCUT2D eigenvalue weighted by molar-refractivity contribution is 5.14. The minimum absolute atomic E-state index is 0.615. The maximum atomic E-state index is 4.92. The second-order valence-corrected chi connectivity index (χ2v) is 13.2. The molecule has 0 unspecified atom stereocenters. The normalized spacial score (nSPS) is 31.4. The maximum Gasteiger partial charge on any atom is 0.131 e. The highest BCUT2D eigenvalue weighted by Gasteiger charge is 2.31. The van der Waals surface area contributed by atoms with Crippen LogP contribution in [-0.4, -0.2) is 9.97 Å². The Bertz CT molecular complexity index is 688. The summed E-state index contributed by atoms with van der Waals surface area (Å²) in [7, 11) is 0. The van der Waals surface area contributed by atoms with Crippen LogP contribution in [-0.2, 0) is 0 Å². The SMILES string of the molecule is CCCCCCCCC1CCC(C2CCC(c3cnc(C4CCC(CCCC)CC4)nc3)CC2)CC1. The van der Waals surface area contributed by atoms with E-state index in [0.29, 0.717) is 11.8 Å². The maximum absolute atomic E-state index is 4.92. The minimum Gasteiger partial charge on any atom is -0.241 e. The van der Waals surface area contributed by atoms with Crippen molar-refractivity contribution in [2.24, 2.45) is 23.7 Å². The fraction of sp³-hybridized carbons (Fsp3) is 0.882. The predicted octanol–water partition coefficient (Wildman–Crippen LogP) is 10.8. The number of aromatic nitrogens is 2. The molecule has 1 aromatic heterocycles. The van der Waals surface area contributed by atoms with Crippen LogP contribution in [0.15, 0.2) is 12.4 Å². The van der Waals surface area contributed by atoms with Gasteiger partial charge in [-0.25, -0.2) is 9.97 Å². The van der Waals surface area contributed by atoms with Crippen molar-refractivity contribution in [3.05, 3.63) is 23.8 Å². The molecule has 0 saturated heterocycles. The molecule has 3 aliphatic rings. The van der Waals surface area contributed by atoms with Gasteiger partial charge in [0.1, 0.15) is 5.82 Å². The molecular formula is C34H58N2. The van der Waals surface area contributed by atoms with Crippen LogP contribution >= 0.6 is 0 Å². The Morgan fingerprint density at radius 1 is 0.528 bits per heavy atom. The highest BCUT2D eigenvalue weighted by atomic mass is 14.9. The molecule has 0 amide bonds. The molecule has 0 aromatic carbocycles. The van der Waals surface area contributed by atoms with Gasteiger partial charge in [-0.2, -0.15) is 0 Å². The van der Waals surface area contributed by atoms with Crippen molar-refractivity contribution in [3.63, 3.8) is 0 Å². The molecule has 2 nitrogen and oxygen atoms in total. The van der Waals surface area contributed by atoms with Crippen LogP contribution < -0.4 is 0 Å². The van der Waals surface area contributed by atoms with Crippen molar-refractivity contribution < 1.29 is 0 Å². The minimum atomic E-state index is 0.615. The van der Waals surface area contributed by atoms with Crippen molar-refractivity contribution in [2.45, 2.75) is 167 Å². The van der Waals surface area contributed by atoms with E-state index in [2.05, 4.69) is 26.2 Å². The second-order valence-electron chi connectivity index (χ2n) is 13.2. The third kappa shape index (κ3) is 8.56. The predicted molar refractivity (Wildman–Crippen MR) is 154 cm³/mol. The molecule has 3 saturated carbocycles. The lowest BCUT2D eigenvalue weighted by atomic mass is 9.68. The lowest BCUT2D eigenvalue weighted by Gasteiger charge is -2.38. The molecule has 0 N–H and O–H groups in total. The Hall–Kier alpha value is -0.920. The van der Waals surface area contributed by atoms with E-state index in [0.717, 1.165) is 29.5 Å². The van der Waals surface area contributed by atoms with Crippen LogP contribution in [0.25, 0.3) is 0 Å². The van der Waals surface area contributed by atoms with Gasteiger partial charge in [0.2, 0.25) is 0 Å². The number of rotatable bonds is 13. The zero-order chi connectivity index (χ0) is 25.0. The monoisotopic (exact) mass is 494 g/mol. The first-order valence-electron chi connectivity index (χ1n) is 16.6. The summed E-state index contributed by atoms with van der Waals surface area (Å²) in [5.74, 6) is 6.50. The van der Waals surface area contributed by atoms with E-state index in [1.54, 1.807) is 0 Å². The summed E-state index contributed by atoms with van der Waals surface area (Å²) in [6.45, 7) is 4.63. The van der Waals surface area contributed by atoms with Crippen molar-refractivity contribution in [1.82, 2.24) is 9.97 Å². The summed E-state index contributed by atoms with van der Waals surface area (Å²) < 4.78 is 0. The molecule has 1 heterocycles.